The second-order valence-corrected chi connectivity index (χ2v) is 3.81. The number of carbonyl (C=O) groups excluding carboxylic acids is 1. The summed E-state index contributed by atoms with van der Waals surface area (Å²) in [6.07, 6.45) is 3.01. The lowest BCUT2D eigenvalue weighted by Gasteiger charge is -1.97. The lowest BCUT2D eigenvalue weighted by molar-refractivity contribution is 0.104. The number of hydrogen-bond donors (Lipinski definition) is 0. The Bertz CT molecular complexity index is 450. The zero-order valence-corrected chi connectivity index (χ0v) is 8.41. The maximum Gasteiger partial charge on any atom is 0.204 e. The van der Waals surface area contributed by atoms with Crippen LogP contribution in [-0.4, -0.2) is 16.0 Å². The summed E-state index contributed by atoms with van der Waals surface area (Å²) in [6, 6.07) is 3.61. The van der Waals surface area contributed by atoms with Crippen molar-refractivity contribution in [3.05, 3.63) is 45.9 Å². The summed E-state index contributed by atoms with van der Waals surface area (Å²) in [6.45, 7) is 1.93. The molecular weight excluding hydrogens is 196 g/mol. The number of aryl methyl sites for hydroxylation is 1. The first kappa shape index (κ1) is 9.02. The summed E-state index contributed by atoms with van der Waals surface area (Å²) >= 11 is 1.45. The van der Waals surface area contributed by atoms with Gasteiger partial charge in [-0.15, -0.1) is 11.3 Å². The van der Waals surface area contributed by atoms with Gasteiger partial charge in [0, 0.05) is 5.56 Å². The van der Waals surface area contributed by atoms with Crippen LogP contribution in [0.4, 0.5) is 0 Å². The lowest BCUT2D eigenvalue weighted by atomic mass is 10.1. The van der Waals surface area contributed by atoms with Crippen molar-refractivity contribution in [1.29, 1.82) is 0 Å². The number of ketones is 1. The quantitative estimate of drug-likeness (QED) is 0.703. The number of rotatable bonds is 2. The van der Waals surface area contributed by atoms with Gasteiger partial charge in [0.15, 0.2) is 0 Å². The molecule has 0 unspecified atom stereocenters. The Morgan fingerprint density at radius 1 is 1.36 bits per heavy atom. The van der Waals surface area contributed by atoms with Crippen molar-refractivity contribution in [3.63, 3.8) is 0 Å². The van der Waals surface area contributed by atoms with Crippen LogP contribution >= 0.6 is 11.3 Å². The van der Waals surface area contributed by atoms with Gasteiger partial charge < -0.3 is 0 Å². The van der Waals surface area contributed by atoms with Crippen molar-refractivity contribution in [3.8, 4) is 0 Å². The Hall–Kier alpha value is -1.55. The first-order valence-corrected chi connectivity index (χ1v) is 5.02. The fourth-order valence-electron chi connectivity index (χ4n) is 1.16. The molecule has 0 saturated carbocycles. The molecule has 0 aliphatic heterocycles. The summed E-state index contributed by atoms with van der Waals surface area (Å²) in [5.74, 6) is 0.0207. The van der Waals surface area contributed by atoms with Crippen LogP contribution in [0.15, 0.2) is 29.9 Å². The third-order valence-electron chi connectivity index (χ3n) is 1.91. The normalized spacial score (nSPS) is 10.1. The Balaban J connectivity index is 2.39. The molecule has 4 heteroatoms. The number of aromatic nitrogens is 2. The Morgan fingerprint density at radius 3 is 2.79 bits per heavy atom. The molecule has 0 radical (unpaired) electrons. The maximum absolute atomic E-state index is 11.9. The van der Waals surface area contributed by atoms with Crippen LogP contribution in [0.5, 0.6) is 0 Å². The standard InChI is InChI=1S/C10H8N2OS/c1-7-3-5-14-10(7)9(13)8-2-4-11-12-6-8/h2-6H,1H3. The largest absolute Gasteiger partial charge is 0.288 e. The number of hydrogen-bond acceptors (Lipinski definition) is 4. The van der Waals surface area contributed by atoms with E-state index in [4.69, 9.17) is 0 Å². The molecule has 14 heavy (non-hydrogen) atoms. The first-order valence-electron chi connectivity index (χ1n) is 4.14. The molecular formula is C10H8N2OS. The molecule has 2 aromatic heterocycles. The Kier molecular flexibility index (Phi) is 2.37. The van der Waals surface area contributed by atoms with E-state index in [1.165, 1.54) is 23.7 Å². The molecule has 0 aliphatic carbocycles. The highest BCUT2D eigenvalue weighted by Crippen LogP contribution is 2.19. The Labute approximate surface area is 85.4 Å². The number of thiophene rings is 1. The molecule has 2 heterocycles. The highest BCUT2D eigenvalue weighted by molar-refractivity contribution is 7.12. The molecule has 0 atom stereocenters. The van der Waals surface area contributed by atoms with Crippen LogP contribution in [-0.2, 0) is 0 Å². The van der Waals surface area contributed by atoms with E-state index in [-0.39, 0.29) is 5.78 Å². The van der Waals surface area contributed by atoms with Gasteiger partial charge in [-0.05, 0) is 30.0 Å². The predicted octanol–water partition coefficient (Wildman–Crippen LogP) is 2.08. The van der Waals surface area contributed by atoms with Crippen LogP contribution in [0, 0.1) is 6.92 Å². The third-order valence-corrected chi connectivity index (χ3v) is 2.93. The summed E-state index contributed by atoms with van der Waals surface area (Å²) in [5, 5.41) is 9.23. The fourth-order valence-corrected chi connectivity index (χ4v) is 2.05. The van der Waals surface area contributed by atoms with Crippen molar-refractivity contribution < 1.29 is 4.79 Å². The van der Waals surface area contributed by atoms with E-state index < -0.39 is 0 Å². The summed E-state index contributed by atoms with van der Waals surface area (Å²) in [7, 11) is 0. The van der Waals surface area contributed by atoms with Crippen molar-refractivity contribution in [2.75, 3.05) is 0 Å². The molecule has 0 spiro atoms. The van der Waals surface area contributed by atoms with E-state index in [0.29, 0.717) is 5.56 Å². The number of carbonyl (C=O) groups is 1. The van der Waals surface area contributed by atoms with Gasteiger partial charge in [-0.3, -0.25) is 4.79 Å². The third kappa shape index (κ3) is 1.56. The van der Waals surface area contributed by atoms with Crippen LogP contribution in [0.25, 0.3) is 0 Å². The van der Waals surface area contributed by atoms with E-state index in [0.717, 1.165) is 10.4 Å². The van der Waals surface area contributed by atoms with Crippen LogP contribution in [0.1, 0.15) is 20.8 Å². The molecule has 0 aliphatic rings. The first-order chi connectivity index (χ1) is 6.79. The van der Waals surface area contributed by atoms with Crippen LogP contribution < -0.4 is 0 Å². The van der Waals surface area contributed by atoms with Gasteiger partial charge in [0.25, 0.3) is 0 Å². The summed E-state index contributed by atoms with van der Waals surface area (Å²) in [5.41, 5.74) is 1.60. The van der Waals surface area contributed by atoms with Crippen molar-refractivity contribution in [2.45, 2.75) is 6.92 Å². The molecule has 0 bridgehead atoms. The highest BCUT2D eigenvalue weighted by Gasteiger charge is 2.12. The molecule has 70 valence electrons. The average Bonchev–Trinajstić information content (AvgIpc) is 2.65. The molecule has 0 aromatic carbocycles. The zero-order valence-electron chi connectivity index (χ0n) is 7.60. The van der Waals surface area contributed by atoms with Gasteiger partial charge in [0.2, 0.25) is 5.78 Å². The van der Waals surface area contributed by atoms with Crippen molar-refractivity contribution in [2.24, 2.45) is 0 Å². The van der Waals surface area contributed by atoms with Gasteiger partial charge in [-0.1, -0.05) is 0 Å². The molecule has 0 fully saturated rings. The highest BCUT2D eigenvalue weighted by atomic mass is 32.1. The van der Waals surface area contributed by atoms with Crippen molar-refractivity contribution in [1.82, 2.24) is 10.2 Å². The van der Waals surface area contributed by atoms with E-state index >= 15 is 0 Å². The van der Waals surface area contributed by atoms with Crippen LogP contribution in [0.2, 0.25) is 0 Å². The van der Waals surface area contributed by atoms with Gasteiger partial charge in [0.05, 0.1) is 17.3 Å². The molecule has 3 nitrogen and oxygen atoms in total. The van der Waals surface area contributed by atoms with E-state index in [9.17, 15) is 4.79 Å². The minimum absolute atomic E-state index is 0.0207. The SMILES string of the molecule is Cc1ccsc1C(=O)c1ccnnc1. The topological polar surface area (TPSA) is 42.9 Å². The fraction of sp³-hybridized carbons (Fsp3) is 0.100. The molecule has 0 N–H and O–H groups in total. The minimum atomic E-state index is 0.0207. The van der Waals surface area contributed by atoms with E-state index in [1.807, 2.05) is 18.4 Å². The van der Waals surface area contributed by atoms with Gasteiger partial charge in [-0.2, -0.15) is 10.2 Å². The second kappa shape index (κ2) is 3.67. The minimum Gasteiger partial charge on any atom is -0.288 e. The molecule has 0 saturated heterocycles. The lowest BCUT2D eigenvalue weighted by Crippen LogP contribution is -2.01. The molecule has 0 amide bonds. The zero-order chi connectivity index (χ0) is 9.97. The monoisotopic (exact) mass is 204 g/mol. The van der Waals surface area contributed by atoms with Crippen molar-refractivity contribution >= 4 is 17.1 Å². The van der Waals surface area contributed by atoms with Crippen LogP contribution in [0.3, 0.4) is 0 Å². The van der Waals surface area contributed by atoms with Gasteiger partial charge >= 0.3 is 0 Å². The maximum atomic E-state index is 11.9. The average molecular weight is 204 g/mol. The predicted molar refractivity (Wildman–Crippen MR) is 54.5 cm³/mol. The van der Waals surface area contributed by atoms with E-state index in [2.05, 4.69) is 10.2 Å². The molecule has 2 rings (SSSR count). The van der Waals surface area contributed by atoms with E-state index in [1.54, 1.807) is 6.07 Å². The van der Waals surface area contributed by atoms with Gasteiger partial charge in [-0.25, -0.2) is 0 Å². The molecule has 2 aromatic rings. The Morgan fingerprint density at radius 2 is 2.21 bits per heavy atom. The summed E-state index contributed by atoms with van der Waals surface area (Å²) in [4.78, 5) is 12.6. The second-order valence-electron chi connectivity index (χ2n) is 2.89. The summed E-state index contributed by atoms with van der Waals surface area (Å²) < 4.78 is 0. The number of nitrogens with zero attached hydrogens (tertiary/aromatic N) is 2. The smallest absolute Gasteiger partial charge is 0.204 e. The van der Waals surface area contributed by atoms with Gasteiger partial charge in [0.1, 0.15) is 0 Å².